The van der Waals surface area contributed by atoms with Crippen LogP contribution in [0.1, 0.15) is 37.8 Å². The number of nitriles is 2. The molecule has 0 spiro atoms. The van der Waals surface area contributed by atoms with Crippen LogP contribution in [0.25, 0.3) is 0 Å². The van der Waals surface area contributed by atoms with Crippen molar-refractivity contribution in [3.05, 3.63) is 59.7 Å². The summed E-state index contributed by atoms with van der Waals surface area (Å²) in [6.45, 7) is 3.86. The Kier molecular flexibility index (Phi) is 7.88. The van der Waals surface area contributed by atoms with Crippen LogP contribution in [-0.2, 0) is 9.59 Å². The monoisotopic (exact) mass is 446 g/mol. The predicted octanol–water partition coefficient (Wildman–Crippen LogP) is 2.77. The van der Waals surface area contributed by atoms with E-state index in [0.29, 0.717) is 29.2 Å². The molecule has 2 atom stereocenters. The molecule has 0 unspecified atom stereocenters. The number of para-hydroxylation sites is 2. The third kappa shape index (κ3) is 6.24. The minimum atomic E-state index is -0.797. The Balaban J connectivity index is 1.53. The minimum Gasteiger partial charge on any atom is -0.480 e. The number of rotatable bonds is 10. The maximum Gasteiger partial charge on any atom is 0.263 e. The highest BCUT2D eigenvalue weighted by atomic mass is 16.5. The Labute approximate surface area is 193 Å². The largest absolute Gasteiger partial charge is 0.480 e. The Morgan fingerprint density at radius 2 is 1.48 bits per heavy atom. The molecule has 8 heteroatoms. The molecule has 0 bridgehead atoms. The molecule has 8 nitrogen and oxygen atoms in total. The normalized spacial score (nSPS) is 14.2. The van der Waals surface area contributed by atoms with Crippen molar-refractivity contribution in [3.8, 4) is 23.6 Å². The van der Waals surface area contributed by atoms with E-state index in [2.05, 4.69) is 11.4 Å². The molecule has 1 aliphatic rings. The van der Waals surface area contributed by atoms with E-state index in [0.717, 1.165) is 12.8 Å². The Bertz CT molecular complexity index is 1080. The number of nitrogens with one attached hydrogen (secondary N) is 1. The molecule has 2 aromatic rings. The quantitative estimate of drug-likeness (QED) is 0.600. The highest BCUT2D eigenvalue weighted by Gasteiger charge is 2.35. The van der Waals surface area contributed by atoms with Crippen LogP contribution >= 0.6 is 0 Å². The van der Waals surface area contributed by atoms with Gasteiger partial charge >= 0.3 is 0 Å². The number of hydrogen-bond acceptors (Lipinski definition) is 6. The molecule has 1 N–H and O–H groups in total. The van der Waals surface area contributed by atoms with Crippen molar-refractivity contribution in [2.45, 2.75) is 44.9 Å². The van der Waals surface area contributed by atoms with E-state index in [-0.39, 0.29) is 24.4 Å². The first-order valence-corrected chi connectivity index (χ1v) is 10.8. The summed E-state index contributed by atoms with van der Waals surface area (Å²) in [5.74, 6) is 0.194. The molecule has 1 fully saturated rings. The lowest BCUT2D eigenvalue weighted by Gasteiger charge is -2.26. The topological polar surface area (TPSA) is 115 Å². The molecule has 0 heterocycles. The predicted molar refractivity (Wildman–Crippen MR) is 120 cm³/mol. The summed E-state index contributed by atoms with van der Waals surface area (Å²) in [6.07, 6.45) is 0.256. The average Bonchev–Trinajstić information content (AvgIpc) is 3.67. The molecule has 2 amide bonds. The van der Waals surface area contributed by atoms with Gasteiger partial charge in [-0.2, -0.15) is 10.5 Å². The van der Waals surface area contributed by atoms with E-state index in [4.69, 9.17) is 14.7 Å². The van der Waals surface area contributed by atoms with Crippen LogP contribution in [0.5, 0.6) is 11.5 Å². The fourth-order valence-corrected chi connectivity index (χ4v) is 3.34. The molecule has 0 aromatic heterocycles. The summed E-state index contributed by atoms with van der Waals surface area (Å²) in [7, 11) is 0. The number of amides is 2. The highest BCUT2D eigenvalue weighted by molar-refractivity contribution is 5.82. The summed E-state index contributed by atoms with van der Waals surface area (Å²) >= 11 is 0. The van der Waals surface area contributed by atoms with Gasteiger partial charge in [-0.1, -0.05) is 24.3 Å². The van der Waals surface area contributed by atoms with Crippen LogP contribution in [0.2, 0.25) is 0 Å². The lowest BCUT2D eigenvalue weighted by atomic mass is 10.2. The standard InChI is InChI=1S/C25H26N4O4/c1-17(32-22-9-5-3-7-19(22)15-26)24(30)28-13-14-29(21-11-12-21)25(31)18(2)33-23-10-6-4-8-20(23)16-27/h3-10,17-18,21H,11-14H2,1-2H3,(H,28,30)/t17-,18+/m1/s1. The van der Waals surface area contributed by atoms with Crippen molar-refractivity contribution in [2.24, 2.45) is 0 Å². The van der Waals surface area contributed by atoms with E-state index in [1.807, 2.05) is 6.07 Å². The molecule has 0 radical (unpaired) electrons. The van der Waals surface area contributed by atoms with Gasteiger partial charge in [-0.25, -0.2) is 0 Å². The number of hydrogen-bond donors (Lipinski definition) is 1. The Morgan fingerprint density at radius 3 is 2.00 bits per heavy atom. The van der Waals surface area contributed by atoms with Crippen LogP contribution in [-0.4, -0.2) is 48.1 Å². The molecule has 1 aliphatic carbocycles. The van der Waals surface area contributed by atoms with Gasteiger partial charge in [-0.3, -0.25) is 9.59 Å². The SMILES string of the molecule is C[C@H](Oc1ccccc1C#N)C(=O)N(CCNC(=O)[C@@H](C)Oc1ccccc1C#N)C1CC1. The van der Waals surface area contributed by atoms with Crippen LogP contribution in [0.4, 0.5) is 0 Å². The van der Waals surface area contributed by atoms with Gasteiger partial charge in [0.2, 0.25) is 0 Å². The fourth-order valence-electron chi connectivity index (χ4n) is 3.34. The molecule has 0 saturated heterocycles. The zero-order valence-electron chi connectivity index (χ0n) is 18.7. The maximum atomic E-state index is 13.0. The molecule has 170 valence electrons. The van der Waals surface area contributed by atoms with Gasteiger partial charge < -0.3 is 19.7 Å². The minimum absolute atomic E-state index is 0.128. The Morgan fingerprint density at radius 1 is 0.970 bits per heavy atom. The van der Waals surface area contributed by atoms with Gasteiger partial charge in [0.05, 0.1) is 11.1 Å². The van der Waals surface area contributed by atoms with Crippen LogP contribution in [0.15, 0.2) is 48.5 Å². The summed E-state index contributed by atoms with van der Waals surface area (Å²) in [4.78, 5) is 27.2. The number of carbonyl (C=O) groups excluding carboxylic acids is 2. The zero-order valence-corrected chi connectivity index (χ0v) is 18.7. The molecule has 2 aromatic carbocycles. The summed E-state index contributed by atoms with van der Waals surface area (Å²) in [5.41, 5.74) is 0.726. The first kappa shape index (κ1) is 23.6. The maximum absolute atomic E-state index is 13.0. The van der Waals surface area contributed by atoms with E-state index in [9.17, 15) is 14.9 Å². The third-order valence-electron chi connectivity index (χ3n) is 5.26. The lowest BCUT2D eigenvalue weighted by Crippen LogP contribution is -2.46. The van der Waals surface area contributed by atoms with Crippen molar-refractivity contribution >= 4 is 11.8 Å². The molecule has 3 rings (SSSR count). The average molecular weight is 447 g/mol. The highest BCUT2D eigenvalue weighted by Crippen LogP contribution is 2.28. The number of ether oxygens (including phenoxy) is 2. The van der Waals surface area contributed by atoms with E-state index >= 15 is 0 Å². The van der Waals surface area contributed by atoms with Crippen molar-refractivity contribution in [3.63, 3.8) is 0 Å². The smallest absolute Gasteiger partial charge is 0.263 e. The summed E-state index contributed by atoms with van der Waals surface area (Å²) in [6, 6.07) is 17.7. The van der Waals surface area contributed by atoms with Crippen molar-refractivity contribution in [1.29, 1.82) is 10.5 Å². The molecular formula is C25H26N4O4. The lowest BCUT2D eigenvalue weighted by molar-refractivity contribution is -0.139. The van der Waals surface area contributed by atoms with Gasteiger partial charge in [0.25, 0.3) is 11.8 Å². The van der Waals surface area contributed by atoms with Crippen LogP contribution in [0, 0.1) is 22.7 Å². The first-order chi connectivity index (χ1) is 15.9. The van der Waals surface area contributed by atoms with Gasteiger partial charge in [-0.15, -0.1) is 0 Å². The summed E-state index contributed by atoms with van der Waals surface area (Å²) < 4.78 is 11.4. The Hall–Kier alpha value is -4.04. The van der Waals surface area contributed by atoms with Crippen LogP contribution in [0.3, 0.4) is 0 Å². The molecule has 0 aliphatic heterocycles. The van der Waals surface area contributed by atoms with Crippen LogP contribution < -0.4 is 14.8 Å². The van der Waals surface area contributed by atoms with E-state index in [1.54, 1.807) is 67.3 Å². The molecular weight excluding hydrogens is 420 g/mol. The van der Waals surface area contributed by atoms with Gasteiger partial charge in [0, 0.05) is 19.1 Å². The first-order valence-electron chi connectivity index (χ1n) is 10.8. The van der Waals surface area contributed by atoms with Crippen molar-refractivity contribution in [1.82, 2.24) is 10.2 Å². The zero-order chi connectivity index (χ0) is 23.8. The number of benzene rings is 2. The van der Waals surface area contributed by atoms with Gasteiger partial charge in [0.15, 0.2) is 12.2 Å². The van der Waals surface area contributed by atoms with E-state index < -0.39 is 12.2 Å². The van der Waals surface area contributed by atoms with Gasteiger partial charge in [0.1, 0.15) is 23.6 Å². The van der Waals surface area contributed by atoms with Gasteiger partial charge in [-0.05, 0) is 51.0 Å². The van der Waals surface area contributed by atoms with Crippen molar-refractivity contribution in [2.75, 3.05) is 13.1 Å². The second-order valence-corrected chi connectivity index (χ2v) is 7.79. The van der Waals surface area contributed by atoms with E-state index in [1.165, 1.54) is 0 Å². The number of nitrogens with zero attached hydrogens (tertiary/aromatic N) is 3. The molecule has 1 saturated carbocycles. The summed E-state index contributed by atoms with van der Waals surface area (Å²) in [5, 5.41) is 21.2. The number of carbonyl (C=O) groups is 2. The molecule has 33 heavy (non-hydrogen) atoms. The second kappa shape index (κ2) is 11.0. The third-order valence-corrected chi connectivity index (χ3v) is 5.26. The second-order valence-electron chi connectivity index (χ2n) is 7.79. The fraction of sp³-hybridized carbons (Fsp3) is 0.360. The van der Waals surface area contributed by atoms with Crippen molar-refractivity contribution < 1.29 is 19.1 Å².